The molecule has 0 aliphatic heterocycles. The van der Waals surface area contributed by atoms with Crippen LogP contribution in [0.3, 0.4) is 0 Å². The number of rotatable bonds is 4. The van der Waals surface area contributed by atoms with E-state index in [4.69, 9.17) is 12.2 Å². The lowest BCUT2D eigenvalue weighted by Gasteiger charge is -2.27. The van der Waals surface area contributed by atoms with Gasteiger partial charge >= 0.3 is 0 Å². The summed E-state index contributed by atoms with van der Waals surface area (Å²) in [5.41, 5.74) is 0. The molecule has 0 aromatic rings. The van der Waals surface area contributed by atoms with Gasteiger partial charge in [-0.2, -0.15) is 0 Å². The van der Waals surface area contributed by atoms with Crippen molar-refractivity contribution in [1.29, 1.82) is 0 Å². The molecule has 0 spiro atoms. The molecule has 77 valence electrons. The van der Waals surface area contributed by atoms with E-state index in [1.807, 2.05) is 0 Å². The van der Waals surface area contributed by atoms with Gasteiger partial charge in [0.2, 0.25) is 0 Å². The fourth-order valence-electron chi connectivity index (χ4n) is 1.05. The summed E-state index contributed by atoms with van der Waals surface area (Å²) in [6.45, 7) is 14.1. The molecule has 0 unspecified atom stereocenters. The van der Waals surface area contributed by atoms with Crippen molar-refractivity contribution in [2.24, 2.45) is 5.92 Å². The van der Waals surface area contributed by atoms with Crippen LogP contribution in [-0.4, -0.2) is 29.1 Å². The molecular formula is C10H21N2S. The Morgan fingerprint density at radius 2 is 1.92 bits per heavy atom. The van der Waals surface area contributed by atoms with E-state index in [0.717, 1.165) is 18.2 Å². The molecule has 0 aromatic carbocycles. The Hall–Kier alpha value is -0.310. The highest BCUT2D eigenvalue weighted by molar-refractivity contribution is 7.80. The van der Waals surface area contributed by atoms with Gasteiger partial charge < -0.3 is 10.2 Å². The molecule has 1 N–H and O–H groups in total. The Balaban J connectivity index is 3.99. The van der Waals surface area contributed by atoms with Gasteiger partial charge in [-0.3, -0.25) is 0 Å². The standard InChI is InChI=1S/C10H21N2S/c1-6-12(7-8(2)3)10(13)11-9(4)5/h8-9H,1,6-7H2,2-5H3,(H,11,13). The molecular weight excluding hydrogens is 180 g/mol. The first-order valence-corrected chi connectivity index (χ1v) is 5.22. The summed E-state index contributed by atoms with van der Waals surface area (Å²) in [5, 5.41) is 4.03. The molecule has 0 saturated heterocycles. The van der Waals surface area contributed by atoms with Crippen molar-refractivity contribution in [1.82, 2.24) is 10.2 Å². The number of nitrogens with one attached hydrogen (secondary N) is 1. The van der Waals surface area contributed by atoms with Gasteiger partial charge in [-0.05, 0) is 38.9 Å². The van der Waals surface area contributed by atoms with E-state index < -0.39 is 0 Å². The van der Waals surface area contributed by atoms with E-state index in [1.165, 1.54) is 0 Å². The molecule has 1 radical (unpaired) electrons. The van der Waals surface area contributed by atoms with E-state index in [1.54, 1.807) is 0 Å². The molecule has 0 amide bonds. The molecule has 0 aliphatic rings. The van der Waals surface area contributed by atoms with Crippen LogP contribution in [0, 0.1) is 12.8 Å². The fourth-order valence-corrected chi connectivity index (χ4v) is 1.46. The van der Waals surface area contributed by atoms with E-state index >= 15 is 0 Å². The highest BCUT2D eigenvalue weighted by Crippen LogP contribution is 1.99. The molecule has 2 nitrogen and oxygen atoms in total. The van der Waals surface area contributed by atoms with E-state index in [2.05, 4.69) is 44.8 Å². The minimum Gasteiger partial charge on any atom is -0.360 e. The highest BCUT2D eigenvalue weighted by atomic mass is 32.1. The molecule has 0 saturated carbocycles. The van der Waals surface area contributed by atoms with E-state index in [9.17, 15) is 0 Å². The second-order valence-corrected chi connectivity index (χ2v) is 4.33. The molecule has 3 heteroatoms. The minimum absolute atomic E-state index is 0.397. The molecule has 0 atom stereocenters. The van der Waals surface area contributed by atoms with Gasteiger partial charge in [0.15, 0.2) is 5.11 Å². The van der Waals surface area contributed by atoms with Gasteiger partial charge in [0.25, 0.3) is 0 Å². The normalized spacial score (nSPS) is 10.7. The van der Waals surface area contributed by atoms with Crippen LogP contribution in [-0.2, 0) is 0 Å². The quantitative estimate of drug-likeness (QED) is 0.701. The van der Waals surface area contributed by atoms with Crippen LogP contribution in [0.2, 0.25) is 0 Å². The second kappa shape index (κ2) is 6.19. The summed E-state index contributed by atoms with van der Waals surface area (Å²) < 4.78 is 0. The van der Waals surface area contributed by atoms with Crippen molar-refractivity contribution < 1.29 is 0 Å². The van der Waals surface area contributed by atoms with Gasteiger partial charge in [0.1, 0.15) is 0 Å². The van der Waals surface area contributed by atoms with E-state index in [0.29, 0.717) is 12.0 Å². The fraction of sp³-hybridized carbons (Fsp3) is 0.800. The van der Waals surface area contributed by atoms with Crippen molar-refractivity contribution in [2.75, 3.05) is 13.1 Å². The summed E-state index contributed by atoms with van der Waals surface area (Å²) in [7, 11) is 0. The lowest BCUT2D eigenvalue weighted by molar-refractivity contribution is 0.385. The summed E-state index contributed by atoms with van der Waals surface area (Å²) in [4.78, 5) is 2.10. The molecule has 0 fully saturated rings. The Kier molecular flexibility index (Phi) is 6.04. The van der Waals surface area contributed by atoms with Gasteiger partial charge in [0.05, 0.1) is 0 Å². The molecule has 0 rings (SSSR count). The third-order valence-corrected chi connectivity index (χ3v) is 1.93. The van der Waals surface area contributed by atoms with Gasteiger partial charge in [0, 0.05) is 19.1 Å². The first-order chi connectivity index (χ1) is 5.97. The first-order valence-electron chi connectivity index (χ1n) is 4.82. The third kappa shape index (κ3) is 5.86. The van der Waals surface area contributed by atoms with Crippen molar-refractivity contribution in [3.05, 3.63) is 6.92 Å². The predicted molar refractivity (Wildman–Crippen MR) is 62.6 cm³/mol. The number of hydrogen-bond donors (Lipinski definition) is 1. The summed E-state index contributed by atoms with van der Waals surface area (Å²) in [5.74, 6) is 0.619. The Morgan fingerprint density at radius 1 is 1.38 bits per heavy atom. The minimum atomic E-state index is 0.397. The molecule has 13 heavy (non-hydrogen) atoms. The van der Waals surface area contributed by atoms with Crippen LogP contribution >= 0.6 is 12.2 Å². The second-order valence-electron chi connectivity index (χ2n) is 3.94. The average Bonchev–Trinajstić information content (AvgIpc) is 1.98. The van der Waals surface area contributed by atoms with Crippen LogP contribution in [0.5, 0.6) is 0 Å². The van der Waals surface area contributed by atoms with Crippen molar-refractivity contribution >= 4 is 17.3 Å². The van der Waals surface area contributed by atoms with Crippen LogP contribution < -0.4 is 5.32 Å². The Morgan fingerprint density at radius 3 is 2.23 bits per heavy atom. The molecule has 0 aromatic heterocycles. The third-order valence-electron chi connectivity index (χ3n) is 1.55. The van der Waals surface area contributed by atoms with Crippen molar-refractivity contribution in [2.45, 2.75) is 33.7 Å². The average molecular weight is 201 g/mol. The number of hydrogen-bond acceptors (Lipinski definition) is 1. The van der Waals surface area contributed by atoms with Crippen LogP contribution in [0.1, 0.15) is 27.7 Å². The largest absolute Gasteiger partial charge is 0.360 e. The maximum Gasteiger partial charge on any atom is 0.169 e. The summed E-state index contributed by atoms with van der Waals surface area (Å²) in [6.07, 6.45) is 0. The SMILES string of the molecule is [CH2]CN(CC(C)C)C(=S)NC(C)C. The van der Waals surface area contributed by atoms with Crippen LogP contribution in [0.15, 0.2) is 0 Å². The molecule has 0 aliphatic carbocycles. The summed E-state index contributed by atoms with van der Waals surface area (Å²) >= 11 is 5.24. The van der Waals surface area contributed by atoms with Gasteiger partial charge in [-0.15, -0.1) is 0 Å². The van der Waals surface area contributed by atoms with E-state index in [-0.39, 0.29) is 0 Å². The summed E-state index contributed by atoms with van der Waals surface area (Å²) in [6, 6.07) is 0.397. The topological polar surface area (TPSA) is 15.3 Å². The van der Waals surface area contributed by atoms with Crippen molar-refractivity contribution in [3.63, 3.8) is 0 Å². The lowest BCUT2D eigenvalue weighted by atomic mass is 10.2. The smallest absolute Gasteiger partial charge is 0.169 e. The maximum atomic E-state index is 5.24. The van der Waals surface area contributed by atoms with Gasteiger partial charge in [-0.1, -0.05) is 13.8 Å². The Labute approximate surface area is 87.7 Å². The van der Waals surface area contributed by atoms with Crippen LogP contribution in [0.4, 0.5) is 0 Å². The van der Waals surface area contributed by atoms with Gasteiger partial charge in [-0.25, -0.2) is 0 Å². The zero-order chi connectivity index (χ0) is 10.4. The molecule has 0 heterocycles. The zero-order valence-electron chi connectivity index (χ0n) is 9.13. The monoisotopic (exact) mass is 201 g/mol. The molecule has 0 bridgehead atoms. The lowest BCUT2D eigenvalue weighted by Crippen LogP contribution is -2.44. The zero-order valence-corrected chi connectivity index (χ0v) is 9.95. The maximum absolute atomic E-state index is 5.24. The number of nitrogens with zero attached hydrogens (tertiary/aromatic N) is 1. The highest BCUT2D eigenvalue weighted by Gasteiger charge is 2.09. The Bertz CT molecular complexity index is 155. The van der Waals surface area contributed by atoms with Crippen LogP contribution in [0.25, 0.3) is 0 Å². The van der Waals surface area contributed by atoms with Crippen molar-refractivity contribution in [3.8, 4) is 0 Å². The predicted octanol–water partition coefficient (Wildman–Crippen LogP) is 2.06. The first kappa shape index (κ1) is 12.7. The number of thiocarbonyl (C=S) groups is 1.